The Hall–Kier alpha value is -2.87. The molecule has 2 aromatic rings. The summed E-state index contributed by atoms with van der Waals surface area (Å²) in [6.07, 6.45) is 1.30. The van der Waals surface area contributed by atoms with Crippen molar-refractivity contribution in [2.45, 2.75) is 13.6 Å². The maximum absolute atomic E-state index is 12.0. The number of piperazine rings is 1. The van der Waals surface area contributed by atoms with Gasteiger partial charge in [-0.3, -0.25) is 24.4 Å². The molecule has 1 saturated heterocycles. The third-order valence-corrected chi connectivity index (χ3v) is 4.41. The highest BCUT2D eigenvalue weighted by Gasteiger charge is 2.20. The van der Waals surface area contributed by atoms with Crippen LogP contribution >= 0.6 is 0 Å². The van der Waals surface area contributed by atoms with E-state index in [2.05, 4.69) is 9.80 Å². The number of rotatable bonds is 6. The van der Waals surface area contributed by atoms with Gasteiger partial charge in [0.25, 0.3) is 11.2 Å². The fourth-order valence-electron chi connectivity index (χ4n) is 3.08. The quantitative estimate of drug-likeness (QED) is 0.580. The lowest BCUT2D eigenvalue weighted by atomic mass is 10.2. The van der Waals surface area contributed by atoms with Gasteiger partial charge in [0.15, 0.2) is 0 Å². The van der Waals surface area contributed by atoms with E-state index in [0.717, 1.165) is 37.6 Å². The molecule has 0 radical (unpaired) electrons. The lowest BCUT2D eigenvalue weighted by Crippen LogP contribution is -2.47. The number of aromatic nitrogens is 1. The van der Waals surface area contributed by atoms with Crippen LogP contribution in [0.4, 0.5) is 11.4 Å². The third-order valence-electron chi connectivity index (χ3n) is 4.41. The number of nitro groups is 1. The minimum atomic E-state index is -0.488. The molecule has 0 saturated carbocycles. The van der Waals surface area contributed by atoms with Crippen molar-refractivity contribution in [1.82, 2.24) is 9.47 Å². The van der Waals surface area contributed by atoms with Crippen molar-refractivity contribution in [3.8, 4) is 5.75 Å². The zero-order valence-electron chi connectivity index (χ0n) is 14.7. The Labute approximate surface area is 151 Å². The van der Waals surface area contributed by atoms with Gasteiger partial charge in [-0.25, -0.2) is 0 Å². The van der Waals surface area contributed by atoms with Crippen LogP contribution in [-0.4, -0.2) is 47.2 Å². The van der Waals surface area contributed by atoms with E-state index >= 15 is 0 Å². The highest BCUT2D eigenvalue weighted by atomic mass is 16.6. The number of benzene rings is 1. The van der Waals surface area contributed by atoms with Crippen molar-refractivity contribution < 1.29 is 9.66 Å². The maximum atomic E-state index is 12.0. The standard InChI is InChI=1S/C18H22N4O4/c1-2-26-17-6-4-3-5-16(17)20-11-9-19(10-12-20)14-21-13-15(22(24)25)7-8-18(21)23/h3-8,13H,2,9-12,14H2,1H3. The average Bonchev–Trinajstić information content (AvgIpc) is 2.65. The second kappa shape index (κ2) is 8.01. The molecule has 0 N–H and O–H groups in total. The molecule has 0 amide bonds. The van der Waals surface area contributed by atoms with Crippen LogP contribution in [0, 0.1) is 10.1 Å². The summed E-state index contributed by atoms with van der Waals surface area (Å²) in [6, 6.07) is 10.4. The van der Waals surface area contributed by atoms with Crippen LogP contribution < -0.4 is 15.2 Å². The summed E-state index contributed by atoms with van der Waals surface area (Å²) < 4.78 is 7.09. The number of anilines is 1. The van der Waals surface area contributed by atoms with E-state index in [1.165, 1.54) is 22.9 Å². The Morgan fingerprint density at radius 1 is 1.12 bits per heavy atom. The van der Waals surface area contributed by atoms with Crippen LogP contribution in [0.2, 0.25) is 0 Å². The second-order valence-electron chi connectivity index (χ2n) is 6.10. The molecular weight excluding hydrogens is 336 g/mol. The smallest absolute Gasteiger partial charge is 0.285 e. The van der Waals surface area contributed by atoms with Crippen LogP contribution in [0.5, 0.6) is 5.75 Å². The molecule has 0 bridgehead atoms. The van der Waals surface area contributed by atoms with Gasteiger partial charge in [-0.05, 0) is 19.1 Å². The molecule has 1 aromatic carbocycles. The molecule has 26 heavy (non-hydrogen) atoms. The first kappa shape index (κ1) is 17.9. The molecule has 0 atom stereocenters. The van der Waals surface area contributed by atoms with Gasteiger partial charge in [-0.1, -0.05) is 12.1 Å². The van der Waals surface area contributed by atoms with Gasteiger partial charge in [-0.15, -0.1) is 0 Å². The van der Waals surface area contributed by atoms with Crippen molar-refractivity contribution in [2.75, 3.05) is 37.7 Å². The second-order valence-corrected chi connectivity index (χ2v) is 6.10. The largest absolute Gasteiger partial charge is 0.492 e. The molecule has 0 aliphatic carbocycles. The van der Waals surface area contributed by atoms with Crippen LogP contribution in [0.25, 0.3) is 0 Å². The van der Waals surface area contributed by atoms with Crippen molar-refractivity contribution >= 4 is 11.4 Å². The van der Waals surface area contributed by atoms with Gasteiger partial charge in [0.1, 0.15) is 5.75 Å². The average molecular weight is 358 g/mol. The molecule has 8 heteroatoms. The lowest BCUT2D eigenvalue weighted by molar-refractivity contribution is -0.385. The predicted octanol–water partition coefficient (Wildman–Crippen LogP) is 1.93. The topological polar surface area (TPSA) is 80.8 Å². The third kappa shape index (κ3) is 4.02. The Bertz CT molecular complexity index is 828. The SMILES string of the molecule is CCOc1ccccc1N1CCN(Cn2cc([N+](=O)[O-])ccc2=O)CC1. The van der Waals surface area contributed by atoms with E-state index in [9.17, 15) is 14.9 Å². The molecule has 0 spiro atoms. The summed E-state index contributed by atoms with van der Waals surface area (Å²) in [6.45, 7) is 6.05. The summed E-state index contributed by atoms with van der Waals surface area (Å²) in [5.41, 5.74) is 0.759. The van der Waals surface area contributed by atoms with Crippen LogP contribution in [0.1, 0.15) is 6.92 Å². The zero-order chi connectivity index (χ0) is 18.5. The molecular formula is C18H22N4O4. The molecule has 0 unspecified atom stereocenters. The number of ether oxygens (including phenoxy) is 1. The lowest BCUT2D eigenvalue weighted by Gasteiger charge is -2.36. The summed E-state index contributed by atoms with van der Waals surface area (Å²) in [5.74, 6) is 0.873. The Kier molecular flexibility index (Phi) is 5.52. The molecule has 138 valence electrons. The molecule has 1 aromatic heterocycles. The molecule has 1 fully saturated rings. The summed E-state index contributed by atoms with van der Waals surface area (Å²) in [5, 5.41) is 10.9. The van der Waals surface area contributed by atoms with E-state index in [-0.39, 0.29) is 11.2 Å². The van der Waals surface area contributed by atoms with Crippen molar-refractivity contribution in [2.24, 2.45) is 0 Å². The van der Waals surface area contributed by atoms with Gasteiger partial charge in [0, 0.05) is 38.3 Å². The predicted molar refractivity (Wildman–Crippen MR) is 98.8 cm³/mol. The van der Waals surface area contributed by atoms with Crippen molar-refractivity contribution in [3.63, 3.8) is 0 Å². The number of nitrogens with zero attached hydrogens (tertiary/aromatic N) is 4. The van der Waals surface area contributed by atoms with Gasteiger partial charge in [0.05, 0.1) is 30.1 Å². The maximum Gasteiger partial charge on any atom is 0.285 e. The first-order valence-electron chi connectivity index (χ1n) is 8.62. The first-order chi connectivity index (χ1) is 12.6. The molecule has 1 aliphatic rings. The fourth-order valence-corrected chi connectivity index (χ4v) is 3.08. The summed E-state index contributed by atoms with van der Waals surface area (Å²) in [4.78, 5) is 26.7. The molecule has 1 aliphatic heterocycles. The van der Waals surface area contributed by atoms with Gasteiger partial charge >= 0.3 is 0 Å². The van der Waals surface area contributed by atoms with Crippen LogP contribution in [0.3, 0.4) is 0 Å². The van der Waals surface area contributed by atoms with E-state index in [1.807, 2.05) is 31.2 Å². The minimum Gasteiger partial charge on any atom is -0.492 e. The van der Waals surface area contributed by atoms with Crippen molar-refractivity contribution in [1.29, 1.82) is 0 Å². The first-order valence-corrected chi connectivity index (χ1v) is 8.62. The summed E-state index contributed by atoms with van der Waals surface area (Å²) >= 11 is 0. The number of para-hydroxylation sites is 2. The van der Waals surface area contributed by atoms with Crippen LogP contribution in [0.15, 0.2) is 47.4 Å². The molecule has 3 rings (SSSR count). The minimum absolute atomic E-state index is 0.0751. The highest BCUT2D eigenvalue weighted by molar-refractivity contribution is 5.58. The zero-order valence-corrected chi connectivity index (χ0v) is 14.7. The van der Waals surface area contributed by atoms with Crippen molar-refractivity contribution in [3.05, 3.63) is 63.1 Å². The van der Waals surface area contributed by atoms with Gasteiger partial charge < -0.3 is 9.64 Å². The fraction of sp³-hybridized carbons (Fsp3) is 0.389. The summed E-state index contributed by atoms with van der Waals surface area (Å²) in [7, 11) is 0. The molecule has 8 nitrogen and oxygen atoms in total. The Morgan fingerprint density at radius 2 is 1.85 bits per heavy atom. The van der Waals surface area contributed by atoms with Gasteiger partial charge in [0.2, 0.25) is 0 Å². The van der Waals surface area contributed by atoms with E-state index < -0.39 is 4.92 Å². The Morgan fingerprint density at radius 3 is 2.54 bits per heavy atom. The highest BCUT2D eigenvalue weighted by Crippen LogP contribution is 2.28. The van der Waals surface area contributed by atoms with E-state index in [0.29, 0.717) is 13.3 Å². The number of pyridine rings is 1. The Balaban J connectivity index is 1.65. The van der Waals surface area contributed by atoms with Gasteiger partial charge in [-0.2, -0.15) is 0 Å². The molecule has 2 heterocycles. The number of hydrogen-bond acceptors (Lipinski definition) is 6. The monoisotopic (exact) mass is 358 g/mol. The van der Waals surface area contributed by atoms with Crippen LogP contribution in [-0.2, 0) is 6.67 Å². The van der Waals surface area contributed by atoms with E-state index in [1.54, 1.807) is 0 Å². The normalized spacial score (nSPS) is 15.0. The number of hydrogen-bond donors (Lipinski definition) is 0. The van der Waals surface area contributed by atoms with E-state index in [4.69, 9.17) is 4.74 Å².